The molecule has 5 nitrogen and oxygen atoms in total. The molecule has 7 heteroatoms. The van der Waals surface area contributed by atoms with E-state index in [1.807, 2.05) is 36.4 Å². The molecule has 1 saturated carbocycles. The number of carbonyl (C=O) groups is 1. The second-order valence-corrected chi connectivity index (χ2v) is 7.75. The predicted molar refractivity (Wildman–Crippen MR) is 116 cm³/mol. The van der Waals surface area contributed by atoms with Crippen molar-refractivity contribution in [1.82, 2.24) is 20.5 Å². The number of hydrogen-bond donors (Lipinski definition) is 2. The molecule has 0 unspecified atom stereocenters. The number of hydrogen-bond acceptors (Lipinski definition) is 3. The first kappa shape index (κ1) is 20.6. The highest BCUT2D eigenvalue weighted by atomic mass is 35.5. The van der Waals surface area contributed by atoms with Crippen LogP contribution in [0.4, 0.5) is 0 Å². The maximum atomic E-state index is 12.2. The van der Waals surface area contributed by atoms with Crippen LogP contribution >= 0.6 is 23.8 Å². The minimum atomic E-state index is -0.102. The van der Waals surface area contributed by atoms with Gasteiger partial charge in [0.2, 0.25) is 5.91 Å². The molecule has 148 valence electrons. The van der Waals surface area contributed by atoms with Gasteiger partial charge < -0.3 is 15.5 Å². The summed E-state index contributed by atoms with van der Waals surface area (Å²) in [6.07, 6.45) is 8.08. The lowest BCUT2D eigenvalue weighted by Gasteiger charge is -2.32. The number of nitrogens with one attached hydrogen (secondary N) is 2. The van der Waals surface area contributed by atoms with Crippen LogP contribution in [0.3, 0.4) is 0 Å². The van der Waals surface area contributed by atoms with Crippen LogP contribution in [0.15, 0.2) is 48.8 Å². The highest BCUT2D eigenvalue weighted by molar-refractivity contribution is 7.80. The fraction of sp³-hybridized carbons (Fsp3) is 0.381. The maximum absolute atomic E-state index is 12.2. The van der Waals surface area contributed by atoms with Crippen molar-refractivity contribution in [3.05, 3.63) is 64.9 Å². The first-order valence-corrected chi connectivity index (χ1v) is 10.4. The highest BCUT2D eigenvalue weighted by Gasteiger charge is 2.25. The lowest BCUT2D eigenvalue weighted by Crippen LogP contribution is -2.47. The quantitative estimate of drug-likeness (QED) is 0.674. The van der Waals surface area contributed by atoms with Crippen LogP contribution in [0.25, 0.3) is 0 Å². The molecule has 1 heterocycles. The van der Waals surface area contributed by atoms with Crippen molar-refractivity contribution >= 4 is 34.8 Å². The summed E-state index contributed by atoms with van der Waals surface area (Å²) < 4.78 is 0. The molecular weight excluding hydrogens is 392 g/mol. The third-order valence-electron chi connectivity index (χ3n) is 4.94. The van der Waals surface area contributed by atoms with Crippen molar-refractivity contribution in [2.75, 3.05) is 6.54 Å². The average Bonchev–Trinajstić information content (AvgIpc) is 3.25. The zero-order valence-corrected chi connectivity index (χ0v) is 17.3. The molecule has 2 N–H and O–H groups in total. The molecule has 3 rings (SSSR count). The van der Waals surface area contributed by atoms with Gasteiger partial charge in [0.1, 0.15) is 0 Å². The van der Waals surface area contributed by atoms with E-state index in [0.29, 0.717) is 24.2 Å². The van der Waals surface area contributed by atoms with Crippen LogP contribution in [0.1, 0.15) is 36.8 Å². The molecule has 0 atom stereocenters. The molecule has 1 aliphatic rings. The first-order valence-electron chi connectivity index (χ1n) is 9.57. The molecule has 0 aliphatic heterocycles. The van der Waals surface area contributed by atoms with E-state index in [-0.39, 0.29) is 12.5 Å². The maximum Gasteiger partial charge on any atom is 0.239 e. The fourth-order valence-electron chi connectivity index (χ4n) is 3.42. The van der Waals surface area contributed by atoms with Crippen molar-refractivity contribution in [2.45, 2.75) is 44.8 Å². The van der Waals surface area contributed by atoms with Crippen LogP contribution in [0.5, 0.6) is 0 Å². The molecule has 1 aromatic heterocycles. The van der Waals surface area contributed by atoms with Crippen LogP contribution in [0.2, 0.25) is 5.02 Å². The number of pyridine rings is 1. The summed E-state index contributed by atoms with van der Waals surface area (Å²) >= 11 is 12.0. The number of nitrogens with zero attached hydrogens (tertiary/aromatic N) is 2. The van der Waals surface area contributed by atoms with Gasteiger partial charge in [-0.05, 0) is 48.3 Å². The number of benzene rings is 1. The third kappa shape index (κ3) is 5.91. The normalized spacial score (nSPS) is 13.9. The van der Waals surface area contributed by atoms with E-state index < -0.39 is 0 Å². The molecule has 28 heavy (non-hydrogen) atoms. The lowest BCUT2D eigenvalue weighted by molar-refractivity contribution is -0.120. The Morgan fingerprint density at radius 3 is 2.68 bits per heavy atom. The molecular formula is C21H25ClN4OS. The van der Waals surface area contributed by atoms with E-state index in [1.165, 1.54) is 12.8 Å². The number of halogens is 1. The van der Waals surface area contributed by atoms with E-state index in [9.17, 15) is 4.79 Å². The van der Waals surface area contributed by atoms with Gasteiger partial charge in [-0.25, -0.2) is 0 Å². The summed E-state index contributed by atoms with van der Waals surface area (Å²) in [5.74, 6) is -0.102. The van der Waals surface area contributed by atoms with E-state index >= 15 is 0 Å². The van der Waals surface area contributed by atoms with Crippen molar-refractivity contribution in [3.63, 3.8) is 0 Å². The number of aromatic nitrogens is 1. The number of rotatable bonds is 7. The molecule has 1 fully saturated rings. The van der Waals surface area contributed by atoms with Gasteiger partial charge in [-0.2, -0.15) is 0 Å². The van der Waals surface area contributed by atoms with E-state index in [2.05, 4.69) is 20.5 Å². The van der Waals surface area contributed by atoms with Gasteiger partial charge in [0.25, 0.3) is 0 Å². The highest BCUT2D eigenvalue weighted by Crippen LogP contribution is 2.26. The molecule has 2 aromatic rings. The largest absolute Gasteiger partial charge is 0.353 e. The van der Waals surface area contributed by atoms with Gasteiger partial charge >= 0.3 is 0 Å². The summed E-state index contributed by atoms with van der Waals surface area (Å²) in [5, 5.41) is 7.34. The topological polar surface area (TPSA) is 57.3 Å². The van der Waals surface area contributed by atoms with Crippen LogP contribution < -0.4 is 10.6 Å². The zero-order chi connectivity index (χ0) is 19.8. The first-order chi connectivity index (χ1) is 13.6. The zero-order valence-electron chi connectivity index (χ0n) is 15.7. The lowest BCUT2D eigenvalue weighted by atomic mass is 10.1. The Balaban J connectivity index is 1.55. The Hall–Kier alpha value is -2.18. The Morgan fingerprint density at radius 2 is 1.96 bits per heavy atom. The van der Waals surface area contributed by atoms with Crippen molar-refractivity contribution in [3.8, 4) is 0 Å². The van der Waals surface area contributed by atoms with E-state index in [0.717, 1.165) is 29.0 Å². The number of thiocarbonyl (C=S) groups is 1. The number of amides is 1. The van der Waals surface area contributed by atoms with Gasteiger partial charge in [-0.15, -0.1) is 0 Å². The minimum Gasteiger partial charge on any atom is -0.353 e. The Bertz CT molecular complexity index is 796. The third-order valence-corrected chi connectivity index (χ3v) is 5.69. The summed E-state index contributed by atoms with van der Waals surface area (Å²) in [5.41, 5.74) is 2.01. The Morgan fingerprint density at radius 1 is 1.18 bits per heavy atom. The van der Waals surface area contributed by atoms with Crippen LogP contribution in [-0.2, 0) is 17.9 Å². The van der Waals surface area contributed by atoms with E-state index in [4.69, 9.17) is 23.8 Å². The second-order valence-electron chi connectivity index (χ2n) is 6.95. The molecule has 0 bridgehead atoms. The molecule has 0 spiro atoms. The SMILES string of the molecule is O=C(CNC(=S)N(Cc1ccccc1Cl)C1CCCC1)NCc1cccnc1. The monoisotopic (exact) mass is 416 g/mol. The van der Waals surface area contributed by atoms with Gasteiger partial charge in [0.15, 0.2) is 5.11 Å². The second kappa shape index (κ2) is 10.4. The van der Waals surface area contributed by atoms with Crippen LogP contribution in [-0.4, -0.2) is 33.5 Å². The standard InChI is InChI=1S/C21H25ClN4OS/c22-19-10-4-1-7-17(19)15-26(18-8-2-3-9-18)21(28)25-14-20(27)24-13-16-6-5-11-23-12-16/h1,4-7,10-12,18H,2-3,8-9,13-15H2,(H,24,27)(H,25,28). The van der Waals surface area contributed by atoms with Crippen molar-refractivity contribution < 1.29 is 4.79 Å². The van der Waals surface area contributed by atoms with Crippen molar-refractivity contribution in [1.29, 1.82) is 0 Å². The van der Waals surface area contributed by atoms with E-state index in [1.54, 1.807) is 12.4 Å². The Kier molecular flexibility index (Phi) is 7.62. The smallest absolute Gasteiger partial charge is 0.239 e. The fourth-order valence-corrected chi connectivity index (χ4v) is 3.90. The Labute approximate surface area is 176 Å². The molecule has 0 radical (unpaired) electrons. The summed E-state index contributed by atoms with van der Waals surface area (Å²) in [6, 6.07) is 12.0. The molecule has 0 saturated heterocycles. The average molecular weight is 417 g/mol. The minimum absolute atomic E-state index is 0.102. The van der Waals surface area contributed by atoms with Gasteiger partial charge in [0.05, 0.1) is 6.54 Å². The van der Waals surface area contributed by atoms with Crippen molar-refractivity contribution in [2.24, 2.45) is 0 Å². The molecule has 1 amide bonds. The van der Waals surface area contributed by atoms with Crippen LogP contribution in [0, 0.1) is 0 Å². The summed E-state index contributed by atoms with van der Waals surface area (Å²) in [4.78, 5) is 18.4. The summed E-state index contributed by atoms with van der Waals surface area (Å²) in [7, 11) is 0. The molecule has 1 aliphatic carbocycles. The summed E-state index contributed by atoms with van der Waals surface area (Å²) in [6.45, 7) is 1.24. The van der Waals surface area contributed by atoms with Gasteiger partial charge in [-0.1, -0.05) is 48.7 Å². The predicted octanol–water partition coefficient (Wildman–Crippen LogP) is 3.67. The molecule has 1 aromatic carbocycles. The van der Waals surface area contributed by atoms with Gasteiger partial charge in [0, 0.05) is 36.5 Å². The van der Waals surface area contributed by atoms with Gasteiger partial charge in [-0.3, -0.25) is 9.78 Å². The number of carbonyl (C=O) groups excluding carboxylic acids is 1.